The van der Waals surface area contributed by atoms with E-state index in [1.54, 1.807) is 21.3 Å². The number of carbonyl (C=O) groups excluding carboxylic acids is 2. The smallest absolute Gasteiger partial charge is 0.333 e. The number of amides is 2. The fourth-order valence-electron chi connectivity index (χ4n) is 5.39. The van der Waals surface area contributed by atoms with Crippen LogP contribution in [0.5, 0.6) is 0 Å². The minimum absolute atomic E-state index is 0.112. The van der Waals surface area contributed by atoms with Gasteiger partial charge in [-0.1, -0.05) is 17.7 Å². The fourth-order valence-corrected chi connectivity index (χ4v) is 5.55. The molecule has 2 amide bonds. The molecule has 3 aromatic heterocycles. The largest absolute Gasteiger partial charge is 0.354 e. The quantitative estimate of drug-likeness (QED) is 0.324. The van der Waals surface area contributed by atoms with Gasteiger partial charge in [-0.2, -0.15) is 0 Å². The van der Waals surface area contributed by atoms with E-state index in [1.165, 1.54) is 19.3 Å². The summed E-state index contributed by atoms with van der Waals surface area (Å²) in [6.45, 7) is 2.46. The number of aromatic nitrogens is 4. The Kier molecular flexibility index (Phi) is 8.16. The number of rotatable bonds is 7. The maximum absolute atomic E-state index is 13.7. The maximum Gasteiger partial charge on any atom is 0.333 e. The summed E-state index contributed by atoms with van der Waals surface area (Å²) >= 11 is 5.90. The molecule has 0 spiro atoms. The second kappa shape index (κ2) is 11.8. The Morgan fingerprint density at radius 3 is 2.44 bits per heavy atom. The molecule has 214 valence electrons. The van der Waals surface area contributed by atoms with E-state index in [4.69, 9.17) is 11.6 Å². The molecule has 0 aliphatic heterocycles. The van der Waals surface area contributed by atoms with Gasteiger partial charge in [0.25, 0.3) is 18.2 Å². The van der Waals surface area contributed by atoms with Crippen LogP contribution in [0.15, 0.2) is 53.6 Å². The Labute approximate surface area is 239 Å². The number of alkyl halides is 2. The Morgan fingerprint density at radius 1 is 1.02 bits per heavy atom. The van der Waals surface area contributed by atoms with E-state index in [9.17, 15) is 23.2 Å². The molecule has 1 fully saturated rings. The van der Waals surface area contributed by atoms with Crippen LogP contribution in [0.4, 0.5) is 8.78 Å². The molecule has 41 heavy (non-hydrogen) atoms. The van der Waals surface area contributed by atoms with Gasteiger partial charge in [0.15, 0.2) is 0 Å². The molecular weight excluding hydrogens is 554 g/mol. The Hall–Kier alpha value is -4.12. The highest BCUT2D eigenvalue weighted by molar-refractivity contribution is 6.30. The maximum atomic E-state index is 13.7. The predicted octanol–water partition coefficient (Wildman–Crippen LogP) is 4.83. The SMILES string of the molecule is CNC(=O)c1ccc(-n2c(=O)n(C[C@H]3CC[C@H](NC(=O)c4cc(Cl)cnc4C(F)F)CC3)c3cc(C)ccc32)cn1. The highest BCUT2D eigenvalue weighted by Crippen LogP contribution is 2.29. The summed E-state index contributed by atoms with van der Waals surface area (Å²) in [5.41, 5.74) is 2.34. The van der Waals surface area contributed by atoms with Crippen LogP contribution in [0, 0.1) is 12.8 Å². The third kappa shape index (κ3) is 5.85. The van der Waals surface area contributed by atoms with E-state index in [2.05, 4.69) is 20.6 Å². The van der Waals surface area contributed by atoms with Gasteiger partial charge in [-0.15, -0.1) is 0 Å². The molecule has 4 aromatic rings. The number of halogens is 3. The normalized spacial score (nSPS) is 17.1. The summed E-state index contributed by atoms with van der Waals surface area (Å²) in [6.07, 6.45) is 2.50. The molecule has 1 saturated carbocycles. The highest BCUT2D eigenvalue weighted by Gasteiger charge is 2.27. The number of nitrogens with zero attached hydrogens (tertiary/aromatic N) is 4. The van der Waals surface area contributed by atoms with Crippen molar-refractivity contribution in [1.82, 2.24) is 29.7 Å². The van der Waals surface area contributed by atoms with Gasteiger partial charge in [0.2, 0.25) is 0 Å². The first-order valence-corrected chi connectivity index (χ1v) is 13.7. The molecule has 0 unspecified atom stereocenters. The first-order valence-electron chi connectivity index (χ1n) is 13.3. The number of pyridine rings is 2. The average molecular weight is 583 g/mol. The van der Waals surface area contributed by atoms with Gasteiger partial charge in [0, 0.05) is 25.8 Å². The van der Waals surface area contributed by atoms with Crippen LogP contribution < -0.4 is 16.3 Å². The monoisotopic (exact) mass is 582 g/mol. The van der Waals surface area contributed by atoms with Gasteiger partial charge in [-0.25, -0.2) is 18.6 Å². The Morgan fingerprint density at radius 2 is 1.78 bits per heavy atom. The number of nitrogens with one attached hydrogen (secondary N) is 2. The second-order valence-electron chi connectivity index (χ2n) is 10.3. The number of carbonyl (C=O) groups is 2. The fraction of sp³-hybridized carbons (Fsp3) is 0.345. The minimum atomic E-state index is -2.89. The van der Waals surface area contributed by atoms with Crippen LogP contribution in [0.1, 0.15) is 64.2 Å². The average Bonchev–Trinajstić information content (AvgIpc) is 3.23. The molecule has 1 aliphatic carbocycles. The molecule has 12 heteroatoms. The Balaban J connectivity index is 1.33. The summed E-state index contributed by atoms with van der Waals surface area (Å²) in [7, 11) is 1.53. The predicted molar refractivity (Wildman–Crippen MR) is 151 cm³/mol. The molecule has 2 N–H and O–H groups in total. The first-order chi connectivity index (χ1) is 19.7. The first kappa shape index (κ1) is 28.4. The molecule has 0 atom stereocenters. The van der Waals surface area contributed by atoms with Crippen LogP contribution >= 0.6 is 11.6 Å². The van der Waals surface area contributed by atoms with E-state index in [-0.39, 0.29) is 39.8 Å². The minimum Gasteiger partial charge on any atom is -0.354 e. The standard InChI is InChI=1S/C29H29ClF2N6O3/c1-16-3-10-23-24(11-16)37(29(41)38(23)20-8-9-22(34-14-20)28(40)33-2)15-17-4-6-19(7-5-17)36-27(39)21-12-18(30)13-35-25(21)26(31)32/h3,8-14,17,19,26H,4-7,15H2,1-2H3,(H,33,40)(H,36,39)/t17-,19-. The number of imidazole rings is 1. The summed E-state index contributed by atoms with van der Waals surface area (Å²) in [5, 5.41) is 5.50. The lowest BCUT2D eigenvalue weighted by atomic mass is 9.85. The van der Waals surface area contributed by atoms with Crippen molar-refractivity contribution in [2.75, 3.05) is 7.05 Å². The molecule has 3 heterocycles. The zero-order valence-electron chi connectivity index (χ0n) is 22.5. The van der Waals surface area contributed by atoms with Gasteiger partial charge in [-0.3, -0.25) is 23.7 Å². The van der Waals surface area contributed by atoms with Crippen molar-refractivity contribution in [2.24, 2.45) is 5.92 Å². The summed E-state index contributed by atoms with van der Waals surface area (Å²) in [4.78, 5) is 46.3. The van der Waals surface area contributed by atoms with Crippen LogP contribution in [-0.2, 0) is 6.54 Å². The third-order valence-corrected chi connectivity index (χ3v) is 7.72. The molecule has 0 bridgehead atoms. The van der Waals surface area contributed by atoms with Crippen molar-refractivity contribution in [1.29, 1.82) is 0 Å². The van der Waals surface area contributed by atoms with Gasteiger partial charge in [0.05, 0.1) is 33.5 Å². The van der Waals surface area contributed by atoms with Crippen molar-refractivity contribution in [3.05, 3.63) is 86.8 Å². The van der Waals surface area contributed by atoms with Crippen molar-refractivity contribution in [2.45, 2.75) is 51.6 Å². The van der Waals surface area contributed by atoms with E-state index in [0.717, 1.165) is 35.6 Å². The summed E-state index contributed by atoms with van der Waals surface area (Å²) in [6, 6.07) is 10.1. The highest BCUT2D eigenvalue weighted by atomic mass is 35.5. The molecule has 1 aromatic carbocycles. The molecular formula is C29H29ClF2N6O3. The summed E-state index contributed by atoms with van der Waals surface area (Å²) < 4.78 is 30.1. The van der Waals surface area contributed by atoms with Crippen LogP contribution in [0.25, 0.3) is 16.7 Å². The van der Waals surface area contributed by atoms with Crippen molar-refractivity contribution in [3.8, 4) is 5.69 Å². The van der Waals surface area contributed by atoms with Gasteiger partial charge in [0.1, 0.15) is 11.4 Å². The molecule has 0 radical (unpaired) electrons. The lowest BCUT2D eigenvalue weighted by molar-refractivity contribution is 0.0903. The summed E-state index contributed by atoms with van der Waals surface area (Å²) in [5.74, 6) is -0.754. The lowest BCUT2D eigenvalue weighted by Crippen LogP contribution is -2.39. The second-order valence-corrected chi connectivity index (χ2v) is 10.7. The number of aryl methyl sites for hydroxylation is 1. The Bertz CT molecular complexity index is 1660. The van der Waals surface area contributed by atoms with Crippen molar-refractivity contribution < 1.29 is 18.4 Å². The molecule has 5 rings (SSSR count). The zero-order valence-corrected chi connectivity index (χ0v) is 23.3. The van der Waals surface area contributed by atoms with Gasteiger partial charge in [-0.05, 0) is 74.4 Å². The van der Waals surface area contributed by atoms with E-state index < -0.39 is 18.0 Å². The third-order valence-electron chi connectivity index (χ3n) is 7.51. The molecule has 1 aliphatic rings. The molecule has 0 saturated heterocycles. The number of benzene rings is 1. The number of fused-ring (bicyclic) bond motifs is 1. The molecule has 9 nitrogen and oxygen atoms in total. The lowest BCUT2D eigenvalue weighted by Gasteiger charge is -2.29. The van der Waals surface area contributed by atoms with Crippen molar-refractivity contribution in [3.63, 3.8) is 0 Å². The van der Waals surface area contributed by atoms with Gasteiger partial charge >= 0.3 is 5.69 Å². The van der Waals surface area contributed by atoms with E-state index in [1.807, 2.05) is 25.1 Å². The van der Waals surface area contributed by atoms with Crippen molar-refractivity contribution >= 4 is 34.4 Å². The topological polar surface area (TPSA) is 111 Å². The van der Waals surface area contributed by atoms with E-state index in [0.29, 0.717) is 25.1 Å². The zero-order chi connectivity index (χ0) is 29.3. The number of hydrogen-bond acceptors (Lipinski definition) is 5. The van der Waals surface area contributed by atoms with Crippen LogP contribution in [0.2, 0.25) is 5.02 Å². The van der Waals surface area contributed by atoms with Crippen LogP contribution in [-0.4, -0.2) is 44.0 Å². The van der Waals surface area contributed by atoms with E-state index >= 15 is 0 Å². The van der Waals surface area contributed by atoms with Gasteiger partial charge < -0.3 is 10.6 Å². The van der Waals surface area contributed by atoms with Crippen LogP contribution in [0.3, 0.4) is 0 Å². The number of hydrogen-bond donors (Lipinski definition) is 2.